The highest BCUT2D eigenvalue weighted by atomic mass is 14.9. The topological polar surface area (TPSA) is 38.0 Å². The fourth-order valence-electron chi connectivity index (χ4n) is 2.89. The number of nitrogens with two attached hydrogens (primary N) is 1. The summed E-state index contributed by atoms with van der Waals surface area (Å²) in [6.45, 7) is 1.80. The van der Waals surface area contributed by atoms with Crippen LogP contribution in [-0.2, 0) is 0 Å². The van der Waals surface area contributed by atoms with Crippen molar-refractivity contribution in [1.82, 2.24) is 5.32 Å². The van der Waals surface area contributed by atoms with Crippen LogP contribution in [0.5, 0.6) is 0 Å². The van der Waals surface area contributed by atoms with Gasteiger partial charge >= 0.3 is 0 Å². The van der Waals surface area contributed by atoms with Gasteiger partial charge in [-0.25, -0.2) is 0 Å². The normalized spacial score (nSPS) is 13.3. The number of rotatable bonds is 5. The number of unbranched alkanes of at least 4 members (excludes halogenated alkanes) is 1. The molecule has 0 spiro atoms. The van der Waals surface area contributed by atoms with Gasteiger partial charge < -0.3 is 11.1 Å². The lowest BCUT2D eigenvalue weighted by Crippen LogP contribution is -2.22. The van der Waals surface area contributed by atoms with Crippen molar-refractivity contribution in [3.63, 3.8) is 0 Å². The standard InChI is InChI=1S/C17H20N2/c18-11-5-6-12-19-17-15-9-3-1-7-13(15)14-8-2-4-10-16(14)17/h1-4,7-10,17,19H,5-6,11-12,18H2. The van der Waals surface area contributed by atoms with Gasteiger partial charge in [0.25, 0.3) is 0 Å². The van der Waals surface area contributed by atoms with Gasteiger partial charge in [0.2, 0.25) is 0 Å². The molecule has 1 aliphatic rings. The molecule has 98 valence electrons. The van der Waals surface area contributed by atoms with Crippen molar-refractivity contribution in [3.8, 4) is 11.1 Å². The van der Waals surface area contributed by atoms with E-state index in [2.05, 4.69) is 53.8 Å². The molecule has 0 unspecified atom stereocenters. The summed E-state index contributed by atoms with van der Waals surface area (Å²) in [7, 11) is 0. The third-order valence-corrected chi connectivity index (χ3v) is 3.81. The van der Waals surface area contributed by atoms with Crippen molar-refractivity contribution in [1.29, 1.82) is 0 Å². The van der Waals surface area contributed by atoms with Gasteiger partial charge in [0, 0.05) is 0 Å². The highest BCUT2D eigenvalue weighted by molar-refractivity contribution is 5.78. The largest absolute Gasteiger partial charge is 0.330 e. The molecule has 0 aromatic heterocycles. The van der Waals surface area contributed by atoms with Crippen LogP contribution in [0.4, 0.5) is 0 Å². The maximum absolute atomic E-state index is 5.55. The van der Waals surface area contributed by atoms with Crippen LogP contribution < -0.4 is 11.1 Å². The molecular weight excluding hydrogens is 232 g/mol. The number of benzene rings is 2. The quantitative estimate of drug-likeness (QED) is 0.803. The smallest absolute Gasteiger partial charge is 0.0588 e. The first kappa shape index (κ1) is 12.4. The lowest BCUT2D eigenvalue weighted by molar-refractivity contribution is 0.579. The van der Waals surface area contributed by atoms with Crippen LogP contribution in [-0.4, -0.2) is 13.1 Å². The number of fused-ring (bicyclic) bond motifs is 3. The molecule has 2 aromatic rings. The molecule has 2 nitrogen and oxygen atoms in total. The van der Waals surface area contributed by atoms with Crippen LogP contribution in [0.1, 0.15) is 30.0 Å². The van der Waals surface area contributed by atoms with E-state index >= 15 is 0 Å². The van der Waals surface area contributed by atoms with Crippen LogP contribution in [0.15, 0.2) is 48.5 Å². The maximum atomic E-state index is 5.55. The molecule has 0 atom stereocenters. The van der Waals surface area contributed by atoms with Crippen LogP contribution in [0.3, 0.4) is 0 Å². The molecule has 0 fully saturated rings. The Kier molecular flexibility index (Phi) is 3.62. The maximum Gasteiger partial charge on any atom is 0.0588 e. The fourth-order valence-corrected chi connectivity index (χ4v) is 2.89. The summed E-state index contributed by atoms with van der Waals surface area (Å²) in [6.07, 6.45) is 2.22. The molecule has 2 aromatic carbocycles. The number of hydrogen-bond acceptors (Lipinski definition) is 2. The van der Waals surface area contributed by atoms with Gasteiger partial charge in [0.15, 0.2) is 0 Å². The van der Waals surface area contributed by atoms with Crippen molar-refractivity contribution < 1.29 is 0 Å². The van der Waals surface area contributed by atoms with Crippen LogP contribution >= 0.6 is 0 Å². The first-order valence-electron chi connectivity index (χ1n) is 7.03. The summed E-state index contributed by atoms with van der Waals surface area (Å²) in [4.78, 5) is 0. The predicted molar refractivity (Wildman–Crippen MR) is 80.0 cm³/mol. The molecule has 0 heterocycles. The summed E-state index contributed by atoms with van der Waals surface area (Å²) in [5, 5.41) is 3.67. The van der Waals surface area contributed by atoms with Gasteiger partial charge in [0.1, 0.15) is 0 Å². The van der Waals surface area contributed by atoms with E-state index in [-0.39, 0.29) is 0 Å². The lowest BCUT2D eigenvalue weighted by atomic mass is 10.1. The Labute approximate surface area is 114 Å². The van der Waals surface area contributed by atoms with Gasteiger partial charge in [-0.1, -0.05) is 48.5 Å². The Morgan fingerprint density at radius 2 is 1.42 bits per heavy atom. The molecule has 2 heteroatoms. The van der Waals surface area contributed by atoms with Gasteiger partial charge in [-0.3, -0.25) is 0 Å². The molecular formula is C17H20N2. The Balaban J connectivity index is 1.87. The van der Waals surface area contributed by atoms with E-state index in [0.717, 1.165) is 25.9 Å². The third-order valence-electron chi connectivity index (χ3n) is 3.81. The highest BCUT2D eigenvalue weighted by Gasteiger charge is 2.26. The molecule has 0 amide bonds. The van der Waals surface area contributed by atoms with Gasteiger partial charge in [0.05, 0.1) is 6.04 Å². The van der Waals surface area contributed by atoms with Crippen LogP contribution in [0, 0.1) is 0 Å². The lowest BCUT2D eigenvalue weighted by Gasteiger charge is -2.15. The monoisotopic (exact) mass is 252 g/mol. The fraction of sp³-hybridized carbons (Fsp3) is 0.294. The van der Waals surface area contributed by atoms with Crippen LogP contribution in [0.2, 0.25) is 0 Å². The Morgan fingerprint density at radius 3 is 2.00 bits per heavy atom. The molecule has 0 saturated heterocycles. The molecule has 0 radical (unpaired) electrons. The molecule has 0 saturated carbocycles. The van der Waals surface area contributed by atoms with E-state index < -0.39 is 0 Å². The zero-order valence-corrected chi connectivity index (χ0v) is 11.1. The van der Waals surface area contributed by atoms with Gasteiger partial charge in [-0.2, -0.15) is 0 Å². The number of nitrogens with one attached hydrogen (secondary N) is 1. The van der Waals surface area contributed by atoms with Crippen molar-refractivity contribution in [2.24, 2.45) is 5.73 Å². The number of hydrogen-bond donors (Lipinski definition) is 2. The van der Waals surface area contributed by atoms with Crippen molar-refractivity contribution in [2.45, 2.75) is 18.9 Å². The minimum absolute atomic E-state index is 0.338. The Morgan fingerprint density at radius 1 is 0.842 bits per heavy atom. The first-order chi connectivity index (χ1) is 9.42. The summed E-state index contributed by atoms with van der Waals surface area (Å²) < 4.78 is 0. The zero-order valence-electron chi connectivity index (χ0n) is 11.1. The summed E-state index contributed by atoms with van der Waals surface area (Å²) in [5.74, 6) is 0. The minimum atomic E-state index is 0.338. The Bertz CT molecular complexity index is 517. The van der Waals surface area contributed by atoms with Crippen molar-refractivity contribution in [3.05, 3.63) is 59.7 Å². The minimum Gasteiger partial charge on any atom is -0.330 e. The van der Waals surface area contributed by atoms with Crippen LogP contribution in [0.25, 0.3) is 11.1 Å². The second-order valence-corrected chi connectivity index (χ2v) is 5.06. The highest BCUT2D eigenvalue weighted by Crippen LogP contribution is 2.42. The third kappa shape index (κ3) is 2.29. The second-order valence-electron chi connectivity index (χ2n) is 5.06. The predicted octanol–water partition coefficient (Wildman–Crippen LogP) is 3.08. The molecule has 1 aliphatic carbocycles. The van der Waals surface area contributed by atoms with E-state index in [0.29, 0.717) is 6.04 Å². The summed E-state index contributed by atoms with van der Waals surface area (Å²) >= 11 is 0. The van der Waals surface area contributed by atoms with E-state index in [4.69, 9.17) is 5.73 Å². The molecule has 19 heavy (non-hydrogen) atoms. The average molecular weight is 252 g/mol. The SMILES string of the molecule is NCCCCNC1c2ccccc2-c2ccccc21. The average Bonchev–Trinajstić information content (AvgIpc) is 2.78. The molecule has 0 bridgehead atoms. The second kappa shape index (κ2) is 5.55. The Hall–Kier alpha value is -1.64. The van der Waals surface area contributed by atoms with E-state index in [9.17, 15) is 0 Å². The van der Waals surface area contributed by atoms with E-state index in [1.807, 2.05) is 0 Å². The van der Waals surface area contributed by atoms with Crippen molar-refractivity contribution in [2.75, 3.05) is 13.1 Å². The summed E-state index contributed by atoms with van der Waals surface area (Å²) in [5.41, 5.74) is 11.1. The molecule has 3 N–H and O–H groups in total. The molecule has 3 rings (SSSR count). The van der Waals surface area contributed by atoms with E-state index in [1.54, 1.807) is 0 Å². The van der Waals surface area contributed by atoms with E-state index in [1.165, 1.54) is 22.3 Å². The first-order valence-corrected chi connectivity index (χ1v) is 7.03. The van der Waals surface area contributed by atoms with Gasteiger partial charge in [-0.05, 0) is 48.2 Å². The van der Waals surface area contributed by atoms with Gasteiger partial charge in [-0.15, -0.1) is 0 Å². The summed E-state index contributed by atoms with van der Waals surface area (Å²) in [6, 6.07) is 17.7. The zero-order chi connectivity index (χ0) is 13.1. The molecule has 0 aliphatic heterocycles. The van der Waals surface area contributed by atoms with Crippen molar-refractivity contribution >= 4 is 0 Å².